The number of nitrogens with zero attached hydrogens (tertiary/aromatic N) is 3. The van der Waals surface area contributed by atoms with Crippen molar-refractivity contribution >= 4 is 11.7 Å². The minimum absolute atomic E-state index is 0.211. The molecule has 5 nitrogen and oxygen atoms in total. The quantitative estimate of drug-likeness (QED) is 0.814. The van der Waals surface area contributed by atoms with E-state index in [4.69, 9.17) is 0 Å². The number of aryl methyl sites for hydroxylation is 1. The van der Waals surface area contributed by atoms with E-state index in [2.05, 4.69) is 15.3 Å². The number of anilines is 1. The molecule has 88 valence electrons. The van der Waals surface area contributed by atoms with Crippen LogP contribution in [0.25, 0.3) is 0 Å². The van der Waals surface area contributed by atoms with E-state index in [-0.39, 0.29) is 18.1 Å². The molecule has 2 rings (SSSR count). The molecule has 2 aromatic rings. The van der Waals surface area contributed by atoms with Gasteiger partial charge in [0.25, 0.3) is 0 Å². The van der Waals surface area contributed by atoms with Crippen molar-refractivity contribution in [1.82, 2.24) is 14.5 Å². The third kappa shape index (κ3) is 3.37. The van der Waals surface area contributed by atoms with Crippen LogP contribution in [0.1, 0.15) is 6.42 Å². The summed E-state index contributed by atoms with van der Waals surface area (Å²) in [6.45, 7) is 0.529. The maximum Gasteiger partial charge on any atom is 0.227 e. The minimum atomic E-state index is -0.614. The van der Waals surface area contributed by atoms with E-state index in [0.717, 1.165) is 0 Å². The average molecular weight is 234 g/mol. The van der Waals surface area contributed by atoms with E-state index in [1.807, 2.05) is 0 Å². The van der Waals surface area contributed by atoms with Gasteiger partial charge in [-0.1, -0.05) is 6.07 Å². The largest absolute Gasteiger partial charge is 0.337 e. The number of aromatic nitrogens is 3. The fraction of sp³-hybridized carbons (Fsp3) is 0.182. The zero-order valence-corrected chi connectivity index (χ0v) is 9.01. The third-order valence-electron chi connectivity index (χ3n) is 2.14. The highest BCUT2D eigenvalue weighted by Gasteiger charge is 2.04. The lowest BCUT2D eigenvalue weighted by Gasteiger charge is -2.04. The van der Waals surface area contributed by atoms with Crippen LogP contribution in [0.3, 0.4) is 0 Å². The van der Waals surface area contributed by atoms with Gasteiger partial charge in [-0.3, -0.25) is 4.79 Å². The molecule has 0 spiro atoms. The zero-order chi connectivity index (χ0) is 12.1. The van der Waals surface area contributed by atoms with Gasteiger partial charge in [-0.15, -0.1) is 0 Å². The Morgan fingerprint density at radius 2 is 2.35 bits per heavy atom. The first kappa shape index (κ1) is 11.3. The van der Waals surface area contributed by atoms with Gasteiger partial charge in [-0.05, 0) is 12.1 Å². The van der Waals surface area contributed by atoms with Crippen LogP contribution >= 0.6 is 0 Å². The lowest BCUT2D eigenvalue weighted by Crippen LogP contribution is -2.15. The molecule has 0 aliphatic rings. The zero-order valence-electron chi connectivity index (χ0n) is 9.01. The normalized spacial score (nSPS) is 10.2. The average Bonchev–Trinajstić information content (AvgIpc) is 2.79. The molecule has 0 atom stereocenters. The van der Waals surface area contributed by atoms with Gasteiger partial charge in [0.2, 0.25) is 11.9 Å². The smallest absolute Gasteiger partial charge is 0.227 e. The van der Waals surface area contributed by atoms with Gasteiger partial charge in [0.05, 0.1) is 6.33 Å². The van der Waals surface area contributed by atoms with E-state index >= 15 is 0 Å². The highest BCUT2D eigenvalue weighted by atomic mass is 19.1. The number of hydrogen-bond donors (Lipinski definition) is 1. The predicted molar refractivity (Wildman–Crippen MR) is 59.7 cm³/mol. The highest BCUT2D eigenvalue weighted by Crippen LogP contribution is 2.04. The number of imidazole rings is 1. The Labute approximate surface area is 97.3 Å². The molecule has 17 heavy (non-hydrogen) atoms. The van der Waals surface area contributed by atoms with Crippen molar-refractivity contribution in [1.29, 1.82) is 0 Å². The SMILES string of the molecule is O=C(CCn1ccnc1)Nc1cccc(F)n1. The second-order valence-electron chi connectivity index (χ2n) is 3.44. The molecule has 0 saturated heterocycles. The van der Waals surface area contributed by atoms with Crippen LogP contribution in [0.4, 0.5) is 10.2 Å². The maximum atomic E-state index is 12.8. The first-order valence-corrected chi connectivity index (χ1v) is 5.12. The first-order chi connectivity index (χ1) is 8.24. The number of amides is 1. The number of carbonyl (C=O) groups is 1. The monoisotopic (exact) mass is 234 g/mol. The van der Waals surface area contributed by atoms with Gasteiger partial charge in [0.15, 0.2) is 0 Å². The van der Waals surface area contributed by atoms with Crippen molar-refractivity contribution in [3.8, 4) is 0 Å². The molecule has 2 heterocycles. The number of nitrogens with one attached hydrogen (secondary N) is 1. The summed E-state index contributed by atoms with van der Waals surface area (Å²) >= 11 is 0. The van der Waals surface area contributed by atoms with Crippen LogP contribution in [0.2, 0.25) is 0 Å². The van der Waals surface area contributed by atoms with Crippen molar-refractivity contribution in [3.63, 3.8) is 0 Å². The van der Waals surface area contributed by atoms with Crippen molar-refractivity contribution in [2.24, 2.45) is 0 Å². The number of carbonyl (C=O) groups excluding carboxylic acids is 1. The molecule has 0 aliphatic carbocycles. The van der Waals surface area contributed by atoms with E-state index in [1.165, 1.54) is 18.2 Å². The van der Waals surface area contributed by atoms with Crippen LogP contribution in [0.15, 0.2) is 36.9 Å². The lowest BCUT2D eigenvalue weighted by molar-refractivity contribution is -0.116. The second-order valence-corrected chi connectivity index (χ2v) is 3.44. The van der Waals surface area contributed by atoms with Gasteiger partial charge < -0.3 is 9.88 Å². The van der Waals surface area contributed by atoms with Crippen molar-refractivity contribution < 1.29 is 9.18 Å². The fourth-order valence-corrected chi connectivity index (χ4v) is 1.33. The van der Waals surface area contributed by atoms with E-state index in [0.29, 0.717) is 6.54 Å². The van der Waals surface area contributed by atoms with Crippen LogP contribution in [0, 0.1) is 5.95 Å². The molecule has 0 saturated carbocycles. The number of halogens is 1. The maximum absolute atomic E-state index is 12.8. The van der Waals surface area contributed by atoms with Gasteiger partial charge in [0.1, 0.15) is 5.82 Å². The Morgan fingerprint density at radius 3 is 3.06 bits per heavy atom. The molecule has 6 heteroatoms. The summed E-state index contributed by atoms with van der Waals surface area (Å²) in [5.41, 5.74) is 0. The molecule has 0 fully saturated rings. The molecule has 2 aromatic heterocycles. The van der Waals surface area contributed by atoms with Gasteiger partial charge >= 0.3 is 0 Å². The molecule has 0 aromatic carbocycles. The van der Waals surface area contributed by atoms with E-state index in [9.17, 15) is 9.18 Å². The first-order valence-electron chi connectivity index (χ1n) is 5.12. The Balaban J connectivity index is 1.85. The van der Waals surface area contributed by atoms with Crippen LogP contribution in [-0.2, 0) is 11.3 Å². The van der Waals surface area contributed by atoms with Crippen molar-refractivity contribution in [3.05, 3.63) is 42.9 Å². The third-order valence-corrected chi connectivity index (χ3v) is 2.14. The van der Waals surface area contributed by atoms with Crippen LogP contribution < -0.4 is 5.32 Å². The Hall–Kier alpha value is -2.24. The number of hydrogen-bond acceptors (Lipinski definition) is 3. The molecule has 0 radical (unpaired) electrons. The summed E-state index contributed by atoms with van der Waals surface area (Å²) < 4.78 is 14.5. The summed E-state index contributed by atoms with van der Waals surface area (Å²) in [6.07, 6.45) is 5.34. The Kier molecular flexibility index (Phi) is 3.44. The summed E-state index contributed by atoms with van der Waals surface area (Å²) in [7, 11) is 0. The Morgan fingerprint density at radius 1 is 1.47 bits per heavy atom. The Bertz CT molecular complexity index is 498. The summed E-state index contributed by atoms with van der Waals surface area (Å²) in [5.74, 6) is -0.602. The standard InChI is InChI=1S/C11H11FN4O/c12-9-2-1-3-10(14-9)15-11(17)4-6-16-7-5-13-8-16/h1-3,5,7-8H,4,6H2,(H,14,15,17). The summed E-state index contributed by atoms with van der Waals surface area (Å²) in [6, 6.07) is 4.26. The molecule has 1 amide bonds. The van der Waals surface area contributed by atoms with E-state index < -0.39 is 5.95 Å². The van der Waals surface area contributed by atoms with Crippen molar-refractivity contribution in [2.75, 3.05) is 5.32 Å². The number of pyridine rings is 1. The highest BCUT2D eigenvalue weighted by molar-refractivity contribution is 5.89. The van der Waals surface area contributed by atoms with Gasteiger partial charge in [-0.2, -0.15) is 4.39 Å². The van der Waals surface area contributed by atoms with Crippen molar-refractivity contribution in [2.45, 2.75) is 13.0 Å². The molecular formula is C11H11FN4O. The number of rotatable bonds is 4. The molecule has 0 unspecified atom stereocenters. The predicted octanol–water partition coefficient (Wildman–Crippen LogP) is 1.45. The molecule has 0 bridgehead atoms. The summed E-state index contributed by atoms with van der Waals surface area (Å²) in [5, 5.41) is 2.52. The fourth-order valence-electron chi connectivity index (χ4n) is 1.33. The molecule has 1 N–H and O–H groups in total. The topological polar surface area (TPSA) is 59.8 Å². The van der Waals surface area contributed by atoms with Gasteiger partial charge in [-0.25, -0.2) is 9.97 Å². The molecule has 0 aliphatic heterocycles. The second kappa shape index (κ2) is 5.20. The van der Waals surface area contributed by atoms with E-state index in [1.54, 1.807) is 23.3 Å². The summed E-state index contributed by atoms with van der Waals surface area (Å²) in [4.78, 5) is 18.9. The molecular weight excluding hydrogens is 223 g/mol. The van der Waals surface area contributed by atoms with Crippen LogP contribution in [0.5, 0.6) is 0 Å². The minimum Gasteiger partial charge on any atom is -0.337 e. The van der Waals surface area contributed by atoms with Crippen LogP contribution in [-0.4, -0.2) is 20.4 Å². The van der Waals surface area contributed by atoms with Gasteiger partial charge in [0, 0.05) is 25.4 Å². The lowest BCUT2D eigenvalue weighted by atomic mass is 10.4.